The van der Waals surface area contributed by atoms with E-state index in [1.807, 2.05) is 39.8 Å². The van der Waals surface area contributed by atoms with E-state index >= 15 is 0 Å². The predicted octanol–water partition coefficient (Wildman–Crippen LogP) is 3.01. The Labute approximate surface area is 123 Å². The van der Waals surface area contributed by atoms with Gasteiger partial charge in [-0.3, -0.25) is 4.79 Å². The minimum Gasteiger partial charge on any atom is -0.481 e. The fourth-order valence-electron chi connectivity index (χ4n) is 1.84. The second-order valence-electron chi connectivity index (χ2n) is 5.05. The number of amides is 2. The summed E-state index contributed by atoms with van der Waals surface area (Å²) < 4.78 is 0. The standard InChI is InChI=1S/C14H22N2O3S/c1-9(2)16(8-7-13(17)18)14(19)15-11(4)12-6-5-10(3)20-12/h5-6,9,11H,7-8H2,1-4H3,(H,15,19)(H,17,18). The molecule has 0 aliphatic heterocycles. The molecular formula is C14H22N2O3S. The molecule has 0 aliphatic rings. The molecule has 0 aliphatic carbocycles. The molecule has 0 radical (unpaired) electrons. The van der Waals surface area contributed by atoms with E-state index in [0.717, 1.165) is 4.88 Å². The number of carboxylic acids is 1. The molecular weight excluding hydrogens is 276 g/mol. The molecule has 1 rings (SSSR count). The maximum atomic E-state index is 12.2. The number of carbonyl (C=O) groups excluding carboxylic acids is 1. The van der Waals surface area contributed by atoms with Gasteiger partial charge in [-0.25, -0.2) is 4.79 Å². The Kier molecular flexibility index (Phi) is 6.01. The summed E-state index contributed by atoms with van der Waals surface area (Å²) in [6.45, 7) is 7.92. The topological polar surface area (TPSA) is 69.6 Å². The highest BCUT2D eigenvalue weighted by molar-refractivity contribution is 7.12. The van der Waals surface area contributed by atoms with E-state index in [2.05, 4.69) is 5.32 Å². The lowest BCUT2D eigenvalue weighted by molar-refractivity contribution is -0.137. The largest absolute Gasteiger partial charge is 0.481 e. The van der Waals surface area contributed by atoms with Crippen LogP contribution in [0.3, 0.4) is 0 Å². The Morgan fingerprint density at radius 2 is 2.00 bits per heavy atom. The molecule has 1 aromatic rings. The van der Waals surface area contributed by atoms with Crippen molar-refractivity contribution in [3.63, 3.8) is 0 Å². The van der Waals surface area contributed by atoms with Crippen LogP contribution < -0.4 is 5.32 Å². The summed E-state index contributed by atoms with van der Waals surface area (Å²) in [6.07, 6.45) is -0.0436. The smallest absolute Gasteiger partial charge is 0.318 e. The second-order valence-corrected chi connectivity index (χ2v) is 6.37. The van der Waals surface area contributed by atoms with E-state index in [-0.39, 0.29) is 31.1 Å². The fraction of sp³-hybridized carbons (Fsp3) is 0.571. The highest BCUT2D eigenvalue weighted by Crippen LogP contribution is 2.22. The minimum atomic E-state index is -0.898. The Morgan fingerprint density at radius 1 is 1.35 bits per heavy atom. The van der Waals surface area contributed by atoms with Gasteiger partial charge in [0.1, 0.15) is 0 Å². The van der Waals surface area contributed by atoms with Gasteiger partial charge in [-0.05, 0) is 39.8 Å². The third-order valence-electron chi connectivity index (χ3n) is 2.98. The van der Waals surface area contributed by atoms with Crippen LogP contribution in [0.1, 0.15) is 43.0 Å². The molecule has 2 amide bonds. The lowest BCUT2D eigenvalue weighted by Crippen LogP contribution is -2.45. The van der Waals surface area contributed by atoms with Crippen molar-refractivity contribution < 1.29 is 14.7 Å². The maximum absolute atomic E-state index is 12.2. The molecule has 0 aromatic carbocycles. The van der Waals surface area contributed by atoms with E-state index < -0.39 is 5.97 Å². The van der Waals surface area contributed by atoms with Crippen LogP contribution >= 0.6 is 11.3 Å². The van der Waals surface area contributed by atoms with Crippen molar-refractivity contribution >= 4 is 23.3 Å². The molecule has 0 fully saturated rings. The lowest BCUT2D eigenvalue weighted by atomic mass is 10.2. The minimum absolute atomic E-state index is 0.0355. The molecule has 112 valence electrons. The average molecular weight is 298 g/mol. The molecule has 5 nitrogen and oxygen atoms in total. The summed E-state index contributed by atoms with van der Waals surface area (Å²) >= 11 is 1.65. The highest BCUT2D eigenvalue weighted by atomic mass is 32.1. The number of urea groups is 1. The SMILES string of the molecule is Cc1ccc(C(C)NC(=O)N(CCC(=O)O)C(C)C)s1. The number of rotatable bonds is 6. The quantitative estimate of drug-likeness (QED) is 0.848. The van der Waals surface area contributed by atoms with E-state index in [4.69, 9.17) is 5.11 Å². The van der Waals surface area contributed by atoms with Gasteiger partial charge in [0.25, 0.3) is 0 Å². The highest BCUT2D eigenvalue weighted by Gasteiger charge is 2.20. The van der Waals surface area contributed by atoms with Gasteiger partial charge in [0.15, 0.2) is 0 Å². The van der Waals surface area contributed by atoms with Gasteiger partial charge < -0.3 is 15.3 Å². The van der Waals surface area contributed by atoms with E-state index in [1.54, 1.807) is 16.2 Å². The van der Waals surface area contributed by atoms with Crippen LogP contribution in [0.25, 0.3) is 0 Å². The van der Waals surface area contributed by atoms with Crippen LogP contribution in [0.5, 0.6) is 0 Å². The molecule has 6 heteroatoms. The van der Waals surface area contributed by atoms with Crippen molar-refractivity contribution in [3.05, 3.63) is 21.9 Å². The summed E-state index contributed by atoms with van der Waals surface area (Å²) in [5.41, 5.74) is 0. The summed E-state index contributed by atoms with van der Waals surface area (Å²) in [5.74, 6) is -0.898. The van der Waals surface area contributed by atoms with Crippen LogP contribution in [0.2, 0.25) is 0 Å². The first-order valence-corrected chi connectivity index (χ1v) is 7.48. The molecule has 1 aromatic heterocycles. The first-order valence-electron chi connectivity index (χ1n) is 6.66. The summed E-state index contributed by atoms with van der Waals surface area (Å²) in [5, 5.41) is 11.7. The van der Waals surface area contributed by atoms with Gasteiger partial charge in [-0.15, -0.1) is 11.3 Å². The fourth-order valence-corrected chi connectivity index (χ4v) is 2.72. The van der Waals surface area contributed by atoms with E-state index in [1.165, 1.54) is 4.88 Å². The molecule has 2 N–H and O–H groups in total. The summed E-state index contributed by atoms with van der Waals surface area (Å²) in [6, 6.07) is 3.69. The molecule has 0 saturated carbocycles. The Hall–Kier alpha value is -1.56. The molecule has 1 atom stereocenters. The monoisotopic (exact) mass is 298 g/mol. The number of aryl methyl sites for hydroxylation is 1. The molecule has 1 unspecified atom stereocenters. The number of hydrogen-bond acceptors (Lipinski definition) is 3. The number of carbonyl (C=O) groups is 2. The molecule has 20 heavy (non-hydrogen) atoms. The average Bonchev–Trinajstić information content (AvgIpc) is 2.75. The normalized spacial score (nSPS) is 12.2. The maximum Gasteiger partial charge on any atom is 0.318 e. The van der Waals surface area contributed by atoms with E-state index in [0.29, 0.717) is 0 Å². The molecule has 0 saturated heterocycles. The van der Waals surface area contributed by atoms with Crippen molar-refractivity contribution in [1.82, 2.24) is 10.2 Å². The first kappa shape index (κ1) is 16.5. The third-order valence-corrected chi connectivity index (χ3v) is 4.16. The third kappa shape index (κ3) is 4.85. The zero-order chi connectivity index (χ0) is 15.3. The first-order chi connectivity index (χ1) is 9.31. The van der Waals surface area contributed by atoms with Crippen LogP contribution in [-0.4, -0.2) is 34.6 Å². The number of nitrogens with zero attached hydrogens (tertiary/aromatic N) is 1. The molecule has 1 heterocycles. The van der Waals surface area contributed by atoms with Gasteiger partial charge in [0, 0.05) is 22.3 Å². The van der Waals surface area contributed by atoms with Gasteiger partial charge in [-0.1, -0.05) is 0 Å². The van der Waals surface area contributed by atoms with E-state index in [9.17, 15) is 9.59 Å². The molecule has 0 spiro atoms. The number of carboxylic acid groups (broad SMARTS) is 1. The second kappa shape index (κ2) is 7.28. The van der Waals surface area contributed by atoms with Crippen LogP contribution in [0.4, 0.5) is 4.79 Å². The summed E-state index contributed by atoms with van der Waals surface area (Å²) in [4.78, 5) is 26.7. The number of hydrogen-bond donors (Lipinski definition) is 2. The van der Waals surface area contributed by atoms with Crippen molar-refractivity contribution in [2.75, 3.05) is 6.54 Å². The Bertz CT molecular complexity index is 471. The van der Waals surface area contributed by atoms with Crippen LogP contribution in [0, 0.1) is 6.92 Å². The number of nitrogens with one attached hydrogen (secondary N) is 1. The van der Waals surface area contributed by atoms with Gasteiger partial charge in [0.2, 0.25) is 0 Å². The van der Waals surface area contributed by atoms with Crippen molar-refractivity contribution in [1.29, 1.82) is 0 Å². The van der Waals surface area contributed by atoms with Gasteiger partial charge in [-0.2, -0.15) is 0 Å². The van der Waals surface area contributed by atoms with Crippen molar-refractivity contribution in [3.8, 4) is 0 Å². The zero-order valence-electron chi connectivity index (χ0n) is 12.3. The predicted molar refractivity (Wildman–Crippen MR) is 80.1 cm³/mol. The summed E-state index contributed by atoms with van der Waals surface area (Å²) in [7, 11) is 0. The van der Waals surface area contributed by atoms with Crippen LogP contribution in [-0.2, 0) is 4.79 Å². The Morgan fingerprint density at radius 3 is 2.45 bits per heavy atom. The van der Waals surface area contributed by atoms with Crippen molar-refractivity contribution in [2.45, 2.75) is 46.2 Å². The lowest BCUT2D eigenvalue weighted by Gasteiger charge is -2.28. The Balaban J connectivity index is 2.63. The van der Waals surface area contributed by atoms with Crippen LogP contribution in [0.15, 0.2) is 12.1 Å². The number of thiophene rings is 1. The van der Waals surface area contributed by atoms with Gasteiger partial charge in [0.05, 0.1) is 12.5 Å². The zero-order valence-corrected chi connectivity index (χ0v) is 13.2. The number of aliphatic carboxylic acids is 1. The molecule has 0 bridgehead atoms. The van der Waals surface area contributed by atoms with Crippen molar-refractivity contribution in [2.24, 2.45) is 0 Å². The van der Waals surface area contributed by atoms with Gasteiger partial charge >= 0.3 is 12.0 Å².